The molecule has 0 aliphatic carbocycles. The van der Waals surface area contributed by atoms with Crippen molar-refractivity contribution >= 4 is 5.82 Å². The summed E-state index contributed by atoms with van der Waals surface area (Å²) in [6.07, 6.45) is 4.54. The van der Waals surface area contributed by atoms with Crippen LogP contribution >= 0.6 is 0 Å². The summed E-state index contributed by atoms with van der Waals surface area (Å²) in [5, 5.41) is 0. The molecule has 0 radical (unpaired) electrons. The number of anilines is 1. The number of nitrogens with zero attached hydrogens (tertiary/aromatic N) is 3. The van der Waals surface area contributed by atoms with Crippen molar-refractivity contribution < 1.29 is 0 Å². The monoisotopic (exact) mass is 192 g/mol. The molecule has 2 unspecified atom stereocenters. The van der Waals surface area contributed by atoms with Crippen LogP contribution in [-0.2, 0) is 0 Å². The van der Waals surface area contributed by atoms with Crippen LogP contribution in [0.25, 0.3) is 0 Å². The standard InChI is InChI=1S/C10H16N4/c1-8-4-9(5-11)6-14(8)10-2-3-12-7-13-10/h2-3,7-9H,4-6,11H2,1H3. The third-order valence-corrected chi connectivity index (χ3v) is 2.86. The first-order valence-electron chi connectivity index (χ1n) is 5.04. The van der Waals surface area contributed by atoms with Gasteiger partial charge in [-0.3, -0.25) is 0 Å². The summed E-state index contributed by atoms with van der Waals surface area (Å²) < 4.78 is 0. The van der Waals surface area contributed by atoms with Gasteiger partial charge in [-0.25, -0.2) is 9.97 Å². The van der Waals surface area contributed by atoms with E-state index < -0.39 is 0 Å². The molecule has 1 saturated heterocycles. The molecule has 0 amide bonds. The van der Waals surface area contributed by atoms with Gasteiger partial charge < -0.3 is 10.6 Å². The van der Waals surface area contributed by atoms with E-state index in [0.29, 0.717) is 12.0 Å². The minimum absolute atomic E-state index is 0.540. The number of aromatic nitrogens is 2. The molecule has 1 fully saturated rings. The summed E-state index contributed by atoms with van der Waals surface area (Å²) in [5.41, 5.74) is 5.68. The molecule has 2 heterocycles. The molecular weight excluding hydrogens is 176 g/mol. The molecule has 2 atom stereocenters. The average Bonchev–Trinajstić information content (AvgIpc) is 2.61. The zero-order valence-corrected chi connectivity index (χ0v) is 8.43. The van der Waals surface area contributed by atoms with Gasteiger partial charge in [-0.1, -0.05) is 0 Å². The van der Waals surface area contributed by atoms with Gasteiger partial charge in [0.25, 0.3) is 0 Å². The second-order valence-electron chi connectivity index (χ2n) is 3.91. The highest BCUT2D eigenvalue weighted by Gasteiger charge is 2.28. The molecule has 2 rings (SSSR count). The Morgan fingerprint density at radius 2 is 2.50 bits per heavy atom. The number of hydrogen-bond acceptors (Lipinski definition) is 4. The fourth-order valence-corrected chi connectivity index (χ4v) is 2.09. The van der Waals surface area contributed by atoms with Gasteiger partial charge in [-0.15, -0.1) is 0 Å². The molecule has 1 aromatic heterocycles. The summed E-state index contributed by atoms with van der Waals surface area (Å²) in [6.45, 7) is 4.01. The molecule has 4 nitrogen and oxygen atoms in total. The Kier molecular flexibility index (Phi) is 2.63. The molecule has 0 aromatic carbocycles. The molecule has 0 saturated carbocycles. The second kappa shape index (κ2) is 3.92. The van der Waals surface area contributed by atoms with Crippen LogP contribution in [0.15, 0.2) is 18.6 Å². The third-order valence-electron chi connectivity index (χ3n) is 2.86. The summed E-state index contributed by atoms with van der Waals surface area (Å²) >= 11 is 0. The van der Waals surface area contributed by atoms with Crippen LogP contribution in [0.4, 0.5) is 5.82 Å². The SMILES string of the molecule is CC1CC(CN)CN1c1ccncn1. The van der Waals surface area contributed by atoms with Crippen LogP contribution < -0.4 is 10.6 Å². The summed E-state index contributed by atoms with van der Waals surface area (Å²) in [7, 11) is 0. The van der Waals surface area contributed by atoms with Crippen molar-refractivity contribution in [3.63, 3.8) is 0 Å². The molecule has 76 valence electrons. The minimum Gasteiger partial charge on any atom is -0.353 e. The average molecular weight is 192 g/mol. The zero-order valence-electron chi connectivity index (χ0n) is 8.43. The summed E-state index contributed by atoms with van der Waals surface area (Å²) in [6, 6.07) is 2.49. The molecule has 0 spiro atoms. The van der Waals surface area contributed by atoms with Gasteiger partial charge in [0.05, 0.1) is 0 Å². The van der Waals surface area contributed by atoms with Crippen molar-refractivity contribution in [1.29, 1.82) is 0 Å². The number of nitrogens with two attached hydrogens (primary N) is 1. The van der Waals surface area contributed by atoms with Crippen molar-refractivity contribution in [2.75, 3.05) is 18.0 Å². The molecule has 1 aromatic rings. The first-order chi connectivity index (χ1) is 6.81. The lowest BCUT2D eigenvalue weighted by molar-refractivity contribution is 0.579. The molecule has 4 heteroatoms. The van der Waals surface area contributed by atoms with Crippen molar-refractivity contribution in [2.24, 2.45) is 11.7 Å². The molecule has 2 N–H and O–H groups in total. The van der Waals surface area contributed by atoms with Gasteiger partial charge >= 0.3 is 0 Å². The molecule has 1 aliphatic rings. The molecular formula is C10H16N4. The molecule has 14 heavy (non-hydrogen) atoms. The van der Waals surface area contributed by atoms with Crippen molar-refractivity contribution in [1.82, 2.24) is 9.97 Å². The van der Waals surface area contributed by atoms with Gasteiger partial charge in [0, 0.05) is 18.8 Å². The molecule has 1 aliphatic heterocycles. The van der Waals surface area contributed by atoms with Crippen molar-refractivity contribution in [3.8, 4) is 0 Å². The van der Waals surface area contributed by atoms with Crippen molar-refractivity contribution in [3.05, 3.63) is 18.6 Å². The fraction of sp³-hybridized carbons (Fsp3) is 0.600. The highest BCUT2D eigenvalue weighted by molar-refractivity contribution is 5.39. The largest absolute Gasteiger partial charge is 0.353 e. The Morgan fingerprint density at radius 1 is 1.64 bits per heavy atom. The Bertz CT molecular complexity index is 287. The lowest BCUT2D eigenvalue weighted by Crippen LogP contribution is -2.28. The van der Waals surface area contributed by atoms with E-state index in [1.807, 2.05) is 6.07 Å². The van der Waals surface area contributed by atoms with Gasteiger partial charge in [0.1, 0.15) is 12.1 Å². The summed E-state index contributed by atoms with van der Waals surface area (Å²) in [5.74, 6) is 1.63. The molecule has 0 bridgehead atoms. The zero-order chi connectivity index (χ0) is 9.97. The van der Waals surface area contributed by atoms with E-state index in [9.17, 15) is 0 Å². The van der Waals surface area contributed by atoms with Crippen LogP contribution in [0, 0.1) is 5.92 Å². The lowest BCUT2D eigenvalue weighted by Gasteiger charge is -2.21. The van der Waals surface area contributed by atoms with E-state index in [4.69, 9.17) is 5.73 Å². The van der Waals surface area contributed by atoms with Gasteiger partial charge in [0.2, 0.25) is 0 Å². The topological polar surface area (TPSA) is 55.0 Å². The minimum atomic E-state index is 0.540. The Morgan fingerprint density at radius 3 is 3.07 bits per heavy atom. The van der Waals surface area contributed by atoms with Gasteiger partial charge in [-0.05, 0) is 31.9 Å². The first-order valence-corrected chi connectivity index (χ1v) is 5.04. The van der Waals surface area contributed by atoms with E-state index in [1.165, 1.54) is 6.42 Å². The highest BCUT2D eigenvalue weighted by Crippen LogP contribution is 2.26. The highest BCUT2D eigenvalue weighted by atomic mass is 15.2. The van der Waals surface area contributed by atoms with E-state index in [2.05, 4.69) is 21.8 Å². The van der Waals surface area contributed by atoms with Crippen LogP contribution in [0.2, 0.25) is 0 Å². The maximum atomic E-state index is 5.68. The van der Waals surface area contributed by atoms with Crippen LogP contribution in [-0.4, -0.2) is 29.1 Å². The fourth-order valence-electron chi connectivity index (χ4n) is 2.09. The lowest BCUT2D eigenvalue weighted by atomic mass is 10.1. The Balaban J connectivity index is 2.13. The maximum absolute atomic E-state index is 5.68. The first kappa shape index (κ1) is 9.40. The quantitative estimate of drug-likeness (QED) is 0.747. The van der Waals surface area contributed by atoms with E-state index >= 15 is 0 Å². The van der Waals surface area contributed by atoms with Gasteiger partial charge in [0.15, 0.2) is 0 Å². The van der Waals surface area contributed by atoms with E-state index in [1.54, 1.807) is 12.5 Å². The summed E-state index contributed by atoms with van der Waals surface area (Å²) in [4.78, 5) is 10.5. The third kappa shape index (κ3) is 1.70. The van der Waals surface area contributed by atoms with Crippen molar-refractivity contribution in [2.45, 2.75) is 19.4 Å². The Labute approximate surface area is 84.2 Å². The predicted molar refractivity (Wildman–Crippen MR) is 56.0 cm³/mol. The van der Waals surface area contributed by atoms with Gasteiger partial charge in [-0.2, -0.15) is 0 Å². The second-order valence-corrected chi connectivity index (χ2v) is 3.91. The number of rotatable bonds is 2. The normalized spacial score (nSPS) is 26.9. The predicted octanol–water partition coefficient (Wildman–Crippen LogP) is 0.650. The van der Waals surface area contributed by atoms with Crippen LogP contribution in [0.3, 0.4) is 0 Å². The Hall–Kier alpha value is -1.16. The van der Waals surface area contributed by atoms with Crippen LogP contribution in [0.5, 0.6) is 0 Å². The van der Waals surface area contributed by atoms with E-state index in [0.717, 1.165) is 18.9 Å². The smallest absolute Gasteiger partial charge is 0.132 e. The van der Waals surface area contributed by atoms with E-state index in [-0.39, 0.29) is 0 Å². The number of hydrogen-bond donors (Lipinski definition) is 1. The maximum Gasteiger partial charge on any atom is 0.132 e. The van der Waals surface area contributed by atoms with Crippen LogP contribution in [0.1, 0.15) is 13.3 Å².